The van der Waals surface area contributed by atoms with E-state index in [-0.39, 0.29) is 23.0 Å². The van der Waals surface area contributed by atoms with Gasteiger partial charge in [0.05, 0.1) is 25.9 Å². The zero-order chi connectivity index (χ0) is 20.1. The molecule has 28 heavy (non-hydrogen) atoms. The summed E-state index contributed by atoms with van der Waals surface area (Å²) in [6, 6.07) is 5.58. The molecule has 0 aliphatic carbocycles. The van der Waals surface area contributed by atoms with Crippen LogP contribution in [0.3, 0.4) is 0 Å². The highest BCUT2D eigenvalue weighted by Gasteiger charge is 2.21. The lowest BCUT2D eigenvalue weighted by Gasteiger charge is -2.35. The van der Waals surface area contributed by atoms with Crippen molar-refractivity contribution in [2.24, 2.45) is 0 Å². The van der Waals surface area contributed by atoms with Crippen LogP contribution in [0.25, 0.3) is 10.2 Å². The Bertz CT molecular complexity index is 924. The van der Waals surface area contributed by atoms with Crippen molar-refractivity contribution in [2.75, 3.05) is 25.4 Å². The number of benzene rings is 1. The third-order valence-corrected chi connectivity index (χ3v) is 8.01. The lowest BCUT2D eigenvalue weighted by Crippen LogP contribution is -2.43. The van der Waals surface area contributed by atoms with Crippen LogP contribution in [0.2, 0.25) is 0 Å². The number of thiazole rings is 1. The zero-order valence-corrected chi connectivity index (χ0v) is 18.2. The molecule has 0 spiro atoms. The number of rotatable bonds is 8. The minimum Gasteiger partial charge on any atom is -0.355 e. The van der Waals surface area contributed by atoms with E-state index in [0.29, 0.717) is 12.6 Å². The fraction of sp³-hybridized carbons (Fsp3) is 0.600. The number of hydrogen-bond acceptors (Lipinski definition) is 6. The van der Waals surface area contributed by atoms with Gasteiger partial charge in [-0.3, -0.25) is 9.69 Å². The van der Waals surface area contributed by atoms with Crippen LogP contribution in [-0.4, -0.2) is 55.6 Å². The maximum Gasteiger partial charge on any atom is 0.221 e. The second-order valence-corrected chi connectivity index (χ2v) is 10.7. The van der Waals surface area contributed by atoms with Gasteiger partial charge in [-0.1, -0.05) is 13.3 Å². The van der Waals surface area contributed by atoms with Crippen LogP contribution in [-0.2, 0) is 14.6 Å². The van der Waals surface area contributed by atoms with E-state index in [2.05, 4.69) is 22.1 Å². The van der Waals surface area contributed by atoms with E-state index in [1.807, 2.05) is 6.92 Å². The van der Waals surface area contributed by atoms with E-state index < -0.39 is 9.84 Å². The van der Waals surface area contributed by atoms with E-state index in [9.17, 15) is 13.2 Å². The number of amides is 1. The van der Waals surface area contributed by atoms with Crippen molar-refractivity contribution in [3.05, 3.63) is 23.2 Å². The summed E-state index contributed by atoms with van der Waals surface area (Å²) in [7, 11) is -3.49. The van der Waals surface area contributed by atoms with Crippen molar-refractivity contribution >= 4 is 37.3 Å². The molecule has 2 aromatic rings. The molecule has 0 bridgehead atoms. The zero-order valence-electron chi connectivity index (χ0n) is 16.6. The molecule has 1 aliphatic heterocycles. The molecule has 1 atom stereocenters. The van der Waals surface area contributed by atoms with E-state index in [1.165, 1.54) is 30.6 Å². The molecule has 1 aliphatic rings. The molecule has 1 aromatic carbocycles. The Morgan fingerprint density at radius 3 is 2.96 bits per heavy atom. The van der Waals surface area contributed by atoms with Crippen LogP contribution in [0, 0.1) is 6.92 Å². The summed E-state index contributed by atoms with van der Waals surface area (Å²) in [5.41, 5.74) is 0.808. The van der Waals surface area contributed by atoms with Gasteiger partial charge in [-0.05, 0) is 50.9 Å². The highest BCUT2D eigenvalue weighted by molar-refractivity contribution is 7.91. The first-order chi connectivity index (χ1) is 13.4. The lowest BCUT2D eigenvalue weighted by molar-refractivity contribution is -0.120. The first-order valence-electron chi connectivity index (χ1n) is 10.00. The number of carbonyl (C=O) groups is 1. The van der Waals surface area contributed by atoms with Gasteiger partial charge in [-0.15, -0.1) is 11.3 Å². The smallest absolute Gasteiger partial charge is 0.221 e. The Labute approximate surface area is 171 Å². The van der Waals surface area contributed by atoms with Gasteiger partial charge in [-0.2, -0.15) is 0 Å². The van der Waals surface area contributed by atoms with Crippen molar-refractivity contribution in [1.29, 1.82) is 0 Å². The summed E-state index contributed by atoms with van der Waals surface area (Å²) in [5.74, 6) is -0.382. The lowest BCUT2D eigenvalue weighted by atomic mass is 10.0. The third kappa shape index (κ3) is 5.30. The average molecular weight is 424 g/mol. The Balaban J connectivity index is 1.48. The molecule has 8 heteroatoms. The molecule has 1 saturated heterocycles. The summed E-state index contributed by atoms with van der Waals surface area (Å²) in [5, 5.41) is 3.78. The number of nitrogens with zero attached hydrogens (tertiary/aromatic N) is 2. The molecule has 2 heterocycles. The molecule has 1 unspecified atom stereocenters. The predicted octanol–water partition coefficient (Wildman–Crippen LogP) is 3.15. The number of nitrogens with one attached hydrogen (secondary N) is 1. The monoisotopic (exact) mass is 423 g/mol. The number of hydrogen-bond donors (Lipinski definition) is 1. The molecule has 1 fully saturated rings. The highest BCUT2D eigenvalue weighted by Crippen LogP contribution is 2.25. The van der Waals surface area contributed by atoms with Crippen molar-refractivity contribution in [2.45, 2.75) is 56.9 Å². The SMILES string of the molecule is CCC1CCCCN1CCNC(=O)CCS(=O)(=O)c1ccc2nc(C)sc2c1. The predicted molar refractivity (Wildman–Crippen MR) is 114 cm³/mol. The van der Waals surface area contributed by atoms with E-state index >= 15 is 0 Å². The maximum absolute atomic E-state index is 12.6. The standard InChI is InChI=1S/C20H29N3O3S2/c1-3-16-6-4-5-11-23(16)12-10-21-20(24)9-13-28(25,26)17-7-8-18-19(14-17)27-15(2)22-18/h7-8,14,16H,3-6,9-13H2,1-2H3,(H,21,24). The summed E-state index contributed by atoms with van der Waals surface area (Å²) in [4.78, 5) is 19.2. The molecular weight excluding hydrogens is 394 g/mol. The molecule has 0 saturated carbocycles. The molecule has 154 valence electrons. The molecule has 1 N–H and O–H groups in total. The Kier molecular flexibility index (Phi) is 7.06. The highest BCUT2D eigenvalue weighted by atomic mass is 32.2. The number of sulfone groups is 1. The first kappa shape index (κ1) is 21.2. The van der Waals surface area contributed by atoms with Crippen LogP contribution in [0.5, 0.6) is 0 Å². The van der Waals surface area contributed by atoms with Crippen LogP contribution in [0.15, 0.2) is 23.1 Å². The number of carbonyl (C=O) groups excluding carboxylic acids is 1. The summed E-state index contributed by atoms with van der Waals surface area (Å²) < 4.78 is 26.0. The average Bonchev–Trinajstić information content (AvgIpc) is 3.06. The normalized spacial score (nSPS) is 18.4. The van der Waals surface area contributed by atoms with Crippen LogP contribution < -0.4 is 5.32 Å². The van der Waals surface area contributed by atoms with Gasteiger partial charge in [0.1, 0.15) is 0 Å². The molecule has 6 nitrogen and oxygen atoms in total. The van der Waals surface area contributed by atoms with E-state index in [1.54, 1.807) is 18.2 Å². The van der Waals surface area contributed by atoms with Crippen LogP contribution in [0.4, 0.5) is 0 Å². The number of aromatic nitrogens is 1. The number of likely N-dealkylation sites (tertiary alicyclic amines) is 1. The number of fused-ring (bicyclic) bond motifs is 1. The third-order valence-electron chi connectivity index (χ3n) is 5.37. The Morgan fingerprint density at radius 1 is 1.36 bits per heavy atom. The van der Waals surface area contributed by atoms with Crippen molar-refractivity contribution in [1.82, 2.24) is 15.2 Å². The molecular formula is C20H29N3O3S2. The second-order valence-electron chi connectivity index (χ2n) is 7.38. The van der Waals surface area contributed by atoms with Gasteiger partial charge in [-0.25, -0.2) is 13.4 Å². The maximum atomic E-state index is 12.6. The van der Waals surface area contributed by atoms with E-state index in [0.717, 1.165) is 34.7 Å². The number of piperidine rings is 1. The largest absolute Gasteiger partial charge is 0.355 e. The van der Waals surface area contributed by atoms with Gasteiger partial charge < -0.3 is 5.32 Å². The van der Waals surface area contributed by atoms with Crippen LogP contribution >= 0.6 is 11.3 Å². The molecule has 1 amide bonds. The van der Waals surface area contributed by atoms with Crippen molar-refractivity contribution in [3.63, 3.8) is 0 Å². The van der Waals surface area contributed by atoms with Crippen molar-refractivity contribution < 1.29 is 13.2 Å². The van der Waals surface area contributed by atoms with Gasteiger partial charge in [0, 0.05) is 25.6 Å². The Morgan fingerprint density at radius 2 is 2.18 bits per heavy atom. The minimum atomic E-state index is -3.49. The quantitative estimate of drug-likeness (QED) is 0.706. The Hall–Kier alpha value is -1.51. The molecule has 0 radical (unpaired) electrons. The van der Waals surface area contributed by atoms with Crippen LogP contribution in [0.1, 0.15) is 44.0 Å². The summed E-state index contributed by atoms with van der Waals surface area (Å²) in [6.07, 6.45) is 4.85. The fourth-order valence-electron chi connectivity index (χ4n) is 3.80. The summed E-state index contributed by atoms with van der Waals surface area (Å²) >= 11 is 1.47. The van der Waals surface area contributed by atoms with E-state index in [4.69, 9.17) is 0 Å². The second kappa shape index (κ2) is 9.33. The molecule has 1 aromatic heterocycles. The fourth-order valence-corrected chi connectivity index (χ4v) is 6.01. The van der Waals surface area contributed by atoms with Crippen molar-refractivity contribution in [3.8, 4) is 0 Å². The number of aryl methyl sites for hydroxylation is 1. The topological polar surface area (TPSA) is 79.4 Å². The molecule has 3 rings (SSSR count). The van der Waals surface area contributed by atoms with Gasteiger partial charge >= 0.3 is 0 Å². The summed E-state index contributed by atoms with van der Waals surface area (Å²) in [6.45, 7) is 6.59. The van der Waals surface area contributed by atoms with Gasteiger partial charge in [0.25, 0.3) is 0 Å². The first-order valence-corrected chi connectivity index (χ1v) is 12.5. The van der Waals surface area contributed by atoms with Gasteiger partial charge in [0.15, 0.2) is 9.84 Å². The minimum absolute atomic E-state index is 0.0146. The van der Waals surface area contributed by atoms with Gasteiger partial charge in [0.2, 0.25) is 5.91 Å².